The number of carbonyl (C=O) groups is 3. The summed E-state index contributed by atoms with van der Waals surface area (Å²) in [6.07, 6.45) is 4.68. The first kappa shape index (κ1) is 20.7. The maximum atomic E-state index is 13.6. The number of benzene rings is 2. The van der Waals surface area contributed by atoms with Crippen LogP contribution in [0.15, 0.2) is 54.6 Å². The molecular weight excluding hydrogens is 404 g/mol. The maximum absolute atomic E-state index is 13.6. The zero-order chi connectivity index (χ0) is 22.2. The van der Waals surface area contributed by atoms with E-state index in [9.17, 15) is 14.4 Å². The Morgan fingerprint density at radius 2 is 1.62 bits per heavy atom. The summed E-state index contributed by atoms with van der Waals surface area (Å²) in [5, 5.41) is 9.11. The highest BCUT2D eigenvalue weighted by Gasteiger charge is 2.51. The summed E-state index contributed by atoms with van der Waals surface area (Å²) in [7, 11) is 0. The van der Waals surface area contributed by atoms with Gasteiger partial charge in [-0.2, -0.15) is 0 Å². The molecule has 6 nitrogen and oxygen atoms in total. The van der Waals surface area contributed by atoms with Crippen molar-refractivity contribution in [3.05, 3.63) is 65.7 Å². The van der Waals surface area contributed by atoms with Crippen LogP contribution in [0.25, 0.3) is 0 Å². The smallest absolute Gasteiger partial charge is 0.303 e. The third kappa shape index (κ3) is 3.68. The molecule has 32 heavy (non-hydrogen) atoms. The van der Waals surface area contributed by atoms with E-state index in [0.717, 1.165) is 43.4 Å². The summed E-state index contributed by atoms with van der Waals surface area (Å²) in [5.41, 5.74) is 2.56. The van der Waals surface area contributed by atoms with E-state index in [2.05, 4.69) is 0 Å². The van der Waals surface area contributed by atoms with Crippen LogP contribution < -0.4 is 4.90 Å². The predicted molar refractivity (Wildman–Crippen MR) is 120 cm³/mol. The van der Waals surface area contributed by atoms with Gasteiger partial charge in [0.25, 0.3) is 5.91 Å². The van der Waals surface area contributed by atoms with E-state index in [4.69, 9.17) is 5.11 Å². The summed E-state index contributed by atoms with van der Waals surface area (Å²) < 4.78 is 0. The number of carboxylic acid groups (broad SMARTS) is 1. The summed E-state index contributed by atoms with van der Waals surface area (Å²) in [6, 6.07) is 17.4. The molecule has 2 aromatic rings. The molecule has 1 heterocycles. The largest absolute Gasteiger partial charge is 0.481 e. The molecule has 0 spiro atoms. The van der Waals surface area contributed by atoms with Gasteiger partial charge in [0, 0.05) is 35.7 Å². The Hall–Kier alpha value is -3.15. The number of carbonyl (C=O) groups excluding carboxylic acids is 2. The Bertz CT molecular complexity index is 1030. The molecule has 1 aliphatic heterocycles. The van der Waals surface area contributed by atoms with E-state index >= 15 is 0 Å². The normalized spacial score (nSPS) is 23.9. The second-order valence-electron chi connectivity index (χ2n) is 9.13. The van der Waals surface area contributed by atoms with Crippen LogP contribution in [0.4, 0.5) is 5.69 Å². The third-order valence-corrected chi connectivity index (χ3v) is 7.10. The van der Waals surface area contributed by atoms with Crippen molar-refractivity contribution in [1.29, 1.82) is 0 Å². The fourth-order valence-corrected chi connectivity index (χ4v) is 5.64. The van der Waals surface area contributed by atoms with Gasteiger partial charge in [-0.1, -0.05) is 42.8 Å². The summed E-state index contributed by atoms with van der Waals surface area (Å²) in [4.78, 5) is 41.9. The molecule has 3 aliphatic rings. The number of aliphatic carboxylic acids is 1. The first-order chi connectivity index (χ1) is 15.6. The van der Waals surface area contributed by atoms with E-state index in [0.29, 0.717) is 5.56 Å². The maximum Gasteiger partial charge on any atom is 0.303 e. The van der Waals surface area contributed by atoms with E-state index < -0.39 is 5.97 Å². The molecule has 3 atom stereocenters. The molecule has 0 saturated heterocycles. The Labute approximate surface area is 187 Å². The lowest BCUT2D eigenvalue weighted by atomic mass is 9.81. The number of amides is 2. The van der Waals surface area contributed by atoms with E-state index in [1.165, 1.54) is 0 Å². The van der Waals surface area contributed by atoms with Crippen molar-refractivity contribution < 1.29 is 19.5 Å². The molecule has 2 saturated carbocycles. The fraction of sp³-hybridized carbons (Fsp3) is 0.423. The zero-order valence-corrected chi connectivity index (χ0v) is 18.0. The lowest BCUT2D eigenvalue weighted by molar-refractivity contribution is -0.142. The van der Waals surface area contributed by atoms with Gasteiger partial charge in [-0.05, 0) is 49.4 Å². The zero-order valence-electron chi connectivity index (χ0n) is 18.0. The summed E-state index contributed by atoms with van der Waals surface area (Å²) in [6.45, 7) is 0. The number of fused-ring (bicyclic) bond motifs is 2. The molecule has 2 amide bonds. The highest BCUT2D eigenvalue weighted by molar-refractivity contribution is 6.07. The second kappa shape index (κ2) is 8.41. The van der Waals surface area contributed by atoms with E-state index in [-0.39, 0.29) is 48.7 Å². The van der Waals surface area contributed by atoms with Gasteiger partial charge in [0.15, 0.2) is 0 Å². The molecular formula is C26H28N2O4. The van der Waals surface area contributed by atoms with Crippen molar-refractivity contribution in [2.75, 3.05) is 4.90 Å². The average molecular weight is 433 g/mol. The van der Waals surface area contributed by atoms with E-state index in [1.807, 2.05) is 64.4 Å². The first-order valence-electron chi connectivity index (χ1n) is 11.6. The van der Waals surface area contributed by atoms with Crippen molar-refractivity contribution in [3.8, 4) is 0 Å². The third-order valence-electron chi connectivity index (χ3n) is 7.10. The number of anilines is 1. The van der Waals surface area contributed by atoms with Crippen LogP contribution in [0.5, 0.6) is 0 Å². The van der Waals surface area contributed by atoms with Crippen LogP contribution in [0.2, 0.25) is 0 Å². The van der Waals surface area contributed by atoms with Gasteiger partial charge in [0.05, 0.1) is 12.5 Å². The molecule has 1 N–H and O–H groups in total. The van der Waals surface area contributed by atoms with Crippen molar-refractivity contribution in [2.24, 2.45) is 5.92 Å². The first-order valence-corrected chi connectivity index (χ1v) is 11.6. The fourth-order valence-electron chi connectivity index (χ4n) is 5.64. The molecule has 0 bridgehead atoms. The molecule has 2 aliphatic carbocycles. The molecule has 0 unspecified atom stereocenters. The van der Waals surface area contributed by atoms with Crippen molar-refractivity contribution >= 4 is 23.5 Å². The topological polar surface area (TPSA) is 77.9 Å². The predicted octanol–water partition coefficient (Wildman–Crippen LogP) is 4.41. The van der Waals surface area contributed by atoms with Crippen LogP contribution in [-0.4, -0.2) is 39.9 Å². The highest BCUT2D eigenvalue weighted by Crippen LogP contribution is 2.52. The SMILES string of the molecule is O=C(O)CCC(=O)N(C1CC1)[C@H]1c2ccccc2N(C(=O)c2ccccc2)[C@@H]2CCC[C@@H]21. The summed E-state index contributed by atoms with van der Waals surface area (Å²) >= 11 is 0. The van der Waals surface area contributed by atoms with Crippen LogP contribution in [0.3, 0.4) is 0 Å². The Morgan fingerprint density at radius 3 is 2.34 bits per heavy atom. The van der Waals surface area contributed by atoms with Crippen LogP contribution >= 0.6 is 0 Å². The molecule has 2 fully saturated rings. The highest BCUT2D eigenvalue weighted by atomic mass is 16.4. The van der Waals surface area contributed by atoms with Crippen LogP contribution in [0, 0.1) is 5.92 Å². The molecule has 0 radical (unpaired) electrons. The minimum absolute atomic E-state index is 0.00331. The second-order valence-corrected chi connectivity index (χ2v) is 9.13. The van der Waals surface area contributed by atoms with Gasteiger partial charge >= 0.3 is 5.97 Å². The van der Waals surface area contributed by atoms with Crippen molar-refractivity contribution in [2.45, 2.75) is 63.1 Å². The van der Waals surface area contributed by atoms with Gasteiger partial charge in [0.2, 0.25) is 5.91 Å². The molecule has 6 heteroatoms. The number of hydrogen-bond acceptors (Lipinski definition) is 3. The van der Waals surface area contributed by atoms with Crippen LogP contribution in [0.1, 0.15) is 66.9 Å². The molecule has 166 valence electrons. The number of hydrogen-bond donors (Lipinski definition) is 1. The molecule has 0 aromatic heterocycles. The molecule has 5 rings (SSSR count). The van der Waals surface area contributed by atoms with Gasteiger partial charge in [-0.25, -0.2) is 0 Å². The van der Waals surface area contributed by atoms with Gasteiger partial charge in [-0.15, -0.1) is 0 Å². The minimum atomic E-state index is -0.948. The number of carboxylic acids is 1. The quantitative estimate of drug-likeness (QED) is 0.733. The Balaban J connectivity index is 1.56. The van der Waals surface area contributed by atoms with Crippen LogP contribution in [-0.2, 0) is 9.59 Å². The number of rotatable bonds is 6. The lowest BCUT2D eigenvalue weighted by Crippen LogP contribution is -2.52. The lowest BCUT2D eigenvalue weighted by Gasteiger charge is -2.48. The number of para-hydroxylation sites is 1. The van der Waals surface area contributed by atoms with Crippen molar-refractivity contribution in [3.63, 3.8) is 0 Å². The Kier molecular flexibility index (Phi) is 5.45. The Morgan fingerprint density at radius 1 is 0.906 bits per heavy atom. The minimum Gasteiger partial charge on any atom is -0.481 e. The average Bonchev–Trinajstić information content (AvgIpc) is 3.53. The van der Waals surface area contributed by atoms with Gasteiger partial charge < -0.3 is 14.9 Å². The number of nitrogens with zero attached hydrogens (tertiary/aromatic N) is 2. The monoisotopic (exact) mass is 432 g/mol. The molecule has 2 aromatic carbocycles. The van der Waals surface area contributed by atoms with Gasteiger partial charge in [-0.3, -0.25) is 14.4 Å². The van der Waals surface area contributed by atoms with E-state index in [1.54, 1.807) is 0 Å². The van der Waals surface area contributed by atoms with Crippen molar-refractivity contribution in [1.82, 2.24) is 4.90 Å². The standard InChI is InChI=1S/C26H28N2O4/c29-23(15-16-24(30)31)27(18-13-14-18)25-19-9-4-5-11-21(19)28(22-12-6-10-20(22)25)26(32)17-7-2-1-3-8-17/h1-5,7-9,11,18,20,22,25H,6,10,12-16H2,(H,30,31)/t20-,22+,25-/m0/s1. The van der Waals surface area contributed by atoms with Gasteiger partial charge in [0.1, 0.15) is 0 Å². The summed E-state index contributed by atoms with van der Waals surface area (Å²) in [5.74, 6) is -0.866.